The molecule has 1 saturated heterocycles. The number of rotatable bonds is 6. The predicted molar refractivity (Wildman–Crippen MR) is 85.7 cm³/mol. The maximum Gasteiger partial charge on any atom is 0.251 e. The molecule has 21 heavy (non-hydrogen) atoms. The second-order valence-electron chi connectivity index (χ2n) is 6.19. The minimum Gasteiger partial charge on any atom is -0.381 e. The highest BCUT2D eigenvalue weighted by Gasteiger charge is 2.34. The van der Waals surface area contributed by atoms with Crippen LogP contribution in [0.3, 0.4) is 0 Å². The Kier molecular flexibility index (Phi) is 4.44. The molecule has 2 N–H and O–H groups in total. The van der Waals surface area contributed by atoms with Crippen LogP contribution in [0.25, 0.3) is 0 Å². The average molecular weight is 287 g/mol. The van der Waals surface area contributed by atoms with E-state index in [0.29, 0.717) is 6.04 Å². The number of hydrogen-bond donors (Lipinski definition) is 2. The molecule has 1 aromatic rings. The minimum absolute atomic E-state index is 0.0199. The van der Waals surface area contributed by atoms with Crippen molar-refractivity contribution in [2.75, 3.05) is 25.0 Å². The van der Waals surface area contributed by atoms with Crippen LogP contribution in [0, 0.1) is 0 Å². The molecule has 1 unspecified atom stereocenters. The van der Waals surface area contributed by atoms with E-state index in [-0.39, 0.29) is 5.91 Å². The fraction of sp³-hybridized carbons (Fsp3) is 0.588. The highest BCUT2D eigenvalue weighted by atomic mass is 16.1. The van der Waals surface area contributed by atoms with Crippen molar-refractivity contribution in [2.45, 2.75) is 44.7 Å². The Hall–Kier alpha value is -1.55. The molecule has 3 rings (SSSR count). The van der Waals surface area contributed by atoms with Crippen LogP contribution in [0.4, 0.5) is 5.69 Å². The number of likely N-dealkylation sites (tertiary alicyclic amines) is 1. The second kappa shape index (κ2) is 6.48. The van der Waals surface area contributed by atoms with Gasteiger partial charge in [0, 0.05) is 43.0 Å². The SMILES string of the molecule is CCCNC(=O)c1cccc(NC2CCN(C3CC3)C2)c1. The van der Waals surface area contributed by atoms with Gasteiger partial charge in [-0.15, -0.1) is 0 Å². The number of anilines is 1. The highest BCUT2D eigenvalue weighted by molar-refractivity contribution is 5.95. The van der Waals surface area contributed by atoms with Gasteiger partial charge < -0.3 is 10.6 Å². The summed E-state index contributed by atoms with van der Waals surface area (Å²) >= 11 is 0. The van der Waals surface area contributed by atoms with E-state index in [0.717, 1.165) is 36.8 Å². The Morgan fingerprint density at radius 3 is 2.95 bits per heavy atom. The molecule has 0 spiro atoms. The standard InChI is InChI=1S/C17H25N3O/c1-2-9-18-17(21)13-4-3-5-14(11-13)19-15-8-10-20(12-15)16-6-7-16/h3-5,11,15-16,19H,2,6-10,12H2,1H3,(H,18,21). The molecule has 114 valence electrons. The van der Waals surface area contributed by atoms with E-state index >= 15 is 0 Å². The summed E-state index contributed by atoms with van der Waals surface area (Å²) in [5, 5.41) is 6.51. The Bertz CT molecular complexity index is 499. The van der Waals surface area contributed by atoms with Crippen molar-refractivity contribution in [3.8, 4) is 0 Å². The van der Waals surface area contributed by atoms with E-state index in [4.69, 9.17) is 0 Å². The Morgan fingerprint density at radius 1 is 1.33 bits per heavy atom. The molecule has 2 aliphatic rings. The van der Waals surface area contributed by atoms with Gasteiger partial charge in [0.25, 0.3) is 5.91 Å². The lowest BCUT2D eigenvalue weighted by molar-refractivity contribution is 0.0953. The molecule has 1 aromatic carbocycles. The third kappa shape index (κ3) is 3.76. The van der Waals surface area contributed by atoms with E-state index in [1.165, 1.54) is 25.8 Å². The molecule has 1 aliphatic heterocycles. The molecular weight excluding hydrogens is 262 g/mol. The van der Waals surface area contributed by atoms with Crippen LogP contribution in [0.15, 0.2) is 24.3 Å². The van der Waals surface area contributed by atoms with Gasteiger partial charge >= 0.3 is 0 Å². The van der Waals surface area contributed by atoms with Gasteiger partial charge in [0.2, 0.25) is 0 Å². The molecule has 1 amide bonds. The first kappa shape index (κ1) is 14.4. The third-order valence-electron chi connectivity index (χ3n) is 4.31. The Balaban J connectivity index is 1.57. The summed E-state index contributed by atoms with van der Waals surface area (Å²) in [6, 6.07) is 9.21. The van der Waals surface area contributed by atoms with Crippen molar-refractivity contribution in [1.29, 1.82) is 0 Å². The summed E-state index contributed by atoms with van der Waals surface area (Å²) in [7, 11) is 0. The average Bonchev–Trinajstić information content (AvgIpc) is 3.25. The number of nitrogens with zero attached hydrogens (tertiary/aromatic N) is 1. The lowest BCUT2D eigenvalue weighted by Crippen LogP contribution is -2.28. The zero-order valence-corrected chi connectivity index (χ0v) is 12.8. The number of hydrogen-bond acceptors (Lipinski definition) is 3. The van der Waals surface area contributed by atoms with Crippen molar-refractivity contribution in [3.05, 3.63) is 29.8 Å². The normalized spacial score (nSPS) is 22.2. The van der Waals surface area contributed by atoms with Crippen LogP contribution in [-0.2, 0) is 0 Å². The maximum absolute atomic E-state index is 12.0. The molecule has 1 atom stereocenters. The van der Waals surface area contributed by atoms with E-state index in [9.17, 15) is 4.79 Å². The number of benzene rings is 1. The van der Waals surface area contributed by atoms with E-state index < -0.39 is 0 Å². The van der Waals surface area contributed by atoms with Crippen molar-refractivity contribution < 1.29 is 4.79 Å². The zero-order chi connectivity index (χ0) is 14.7. The molecule has 4 heteroatoms. The molecule has 2 fully saturated rings. The molecule has 1 heterocycles. The molecule has 0 aromatic heterocycles. The quantitative estimate of drug-likeness (QED) is 0.845. The number of amides is 1. The fourth-order valence-electron chi connectivity index (χ4n) is 3.00. The van der Waals surface area contributed by atoms with Gasteiger partial charge in [0.15, 0.2) is 0 Å². The van der Waals surface area contributed by atoms with Gasteiger partial charge in [-0.3, -0.25) is 9.69 Å². The number of carbonyl (C=O) groups excluding carboxylic acids is 1. The minimum atomic E-state index is 0.0199. The smallest absolute Gasteiger partial charge is 0.251 e. The van der Waals surface area contributed by atoms with Crippen molar-refractivity contribution in [2.24, 2.45) is 0 Å². The van der Waals surface area contributed by atoms with Gasteiger partial charge in [-0.05, 0) is 43.9 Å². The van der Waals surface area contributed by atoms with Gasteiger partial charge in [-0.1, -0.05) is 13.0 Å². The first-order valence-electron chi connectivity index (χ1n) is 8.15. The second-order valence-corrected chi connectivity index (χ2v) is 6.19. The molecule has 4 nitrogen and oxygen atoms in total. The van der Waals surface area contributed by atoms with Crippen LogP contribution >= 0.6 is 0 Å². The third-order valence-corrected chi connectivity index (χ3v) is 4.31. The first-order chi connectivity index (χ1) is 10.3. The van der Waals surface area contributed by atoms with Gasteiger partial charge in [-0.25, -0.2) is 0 Å². The van der Waals surface area contributed by atoms with Crippen molar-refractivity contribution >= 4 is 11.6 Å². The summed E-state index contributed by atoms with van der Waals surface area (Å²) in [4.78, 5) is 14.6. The number of nitrogens with one attached hydrogen (secondary N) is 2. The van der Waals surface area contributed by atoms with Gasteiger partial charge in [0.1, 0.15) is 0 Å². The van der Waals surface area contributed by atoms with Crippen LogP contribution in [0.2, 0.25) is 0 Å². The lowest BCUT2D eigenvalue weighted by atomic mass is 10.1. The summed E-state index contributed by atoms with van der Waals surface area (Å²) < 4.78 is 0. The van der Waals surface area contributed by atoms with Gasteiger partial charge in [0.05, 0.1) is 0 Å². The Labute approximate surface area is 126 Å². The summed E-state index contributed by atoms with van der Waals surface area (Å²) in [6.45, 7) is 5.13. The van der Waals surface area contributed by atoms with Gasteiger partial charge in [-0.2, -0.15) is 0 Å². The lowest BCUT2D eigenvalue weighted by Gasteiger charge is -2.17. The van der Waals surface area contributed by atoms with E-state index in [1.54, 1.807) is 0 Å². The monoisotopic (exact) mass is 287 g/mol. The molecule has 1 saturated carbocycles. The van der Waals surface area contributed by atoms with Crippen molar-refractivity contribution in [3.63, 3.8) is 0 Å². The van der Waals surface area contributed by atoms with Crippen molar-refractivity contribution in [1.82, 2.24) is 10.2 Å². The molecule has 0 radical (unpaired) electrons. The summed E-state index contributed by atoms with van der Waals surface area (Å²) in [5.41, 5.74) is 1.80. The number of carbonyl (C=O) groups is 1. The topological polar surface area (TPSA) is 44.4 Å². The van der Waals surface area contributed by atoms with Crippen LogP contribution in [0.1, 0.15) is 43.0 Å². The zero-order valence-electron chi connectivity index (χ0n) is 12.8. The highest BCUT2D eigenvalue weighted by Crippen LogP contribution is 2.30. The van der Waals surface area contributed by atoms with E-state index in [1.807, 2.05) is 18.2 Å². The Morgan fingerprint density at radius 2 is 2.19 bits per heavy atom. The maximum atomic E-state index is 12.0. The fourth-order valence-corrected chi connectivity index (χ4v) is 3.00. The molecule has 1 aliphatic carbocycles. The first-order valence-corrected chi connectivity index (χ1v) is 8.15. The predicted octanol–water partition coefficient (Wildman–Crippen LogP) is 2.48. The van der Waals surface area contributed by atoms with E-state index in [2.05, 4.69) is 28.5 Å². The largest absolute Gasteiger partial charge is 0.381 e. The summed E-state index contributed by atoms with van der Waals surface area (Å²) in [5.74, 6) is 0.0199. The van der Waals surface area contributed by atoms with Crippen LogP contribution in [0.5, 0.6) is 0 Å². The molecular formula is C17H25N3O. The molecule has 0 bridgehead atoms. The van der Waals surface area contributed by atoms with Crippen LogP contribution < -0.4 is 10.6 Å². The van der Waals surface area contributed by atoms with Crippen LogP contribution in [-0.4, -0.2) is 42.5 Å². The summed E-state index contributed by atoms with van der Waals surface area (Å²) in [6.07, 6.45) is 4.91.